The lowest BCUT2D eigenvalue weighted by Crippen LogP contribution is -2.45. The summed E-state index contributed by atoms with van der Waals surface area (Å²) in [6, 6.07) is 25.6. The molecule has 1 aliphatic heterocycles. The molecule has 0 spiro atoms. The Kier molecular flexibility index (Phi) is 5.51. The minimum atomic E-state index is 0.215. The third kappa shape index (κ3) is 4.17. The molecule has 2 fully saturated rings. The van der Waals surface area contributed by atoms with Crippen LogP contribution in [0, 0.1) is 11.3 Å². The number of nitriles is 1. The Balaban J connectivity index is 1.40. The number of hydrogen-bond donors (Lipinski definition) is 0. The molecule has 4 aromatic rings. The molecule has 4 nitrogen and oxygen atoms in total. The average molecular weight is 460 g/mol. The third-order valence-corrected chi connectivity index (χ3v) is 7.22. The highest BCUT2D eigenvalue weighted by Gasteiger charge is 2.29. The maximum atomic E-state index is 9.17. The van der Waals surface area contributed by atoms with Gasteiger partial charge in [-0.05, 0) is 89.9 Å². The number of benzene rings is 3. The number of pyridine rings is 1. The minimum Gasteiger partial charge on any atom is -0.372 e. The lowest BCUT2D eigenvalue weighted by atomic mass is 9.89. The Morgan fingerprint density at radius 1 is 0.829 bits per heavy atom. The number of rotatable bonds is 4. The van der Waals surface area contributed by atoms with Crippen LogP contribution >= 0.6 is 0 Å². The van der Waals surface area contributed by atoms with Crippen LogP contribution in [-0.4, -0.2) is 30.3 Å². The van der Waals surface area contributed by atoms with Crippen molar-refractivity contribution in [3.8, 4) is 28.3 Å². The van der Waals surface area contributed by atoms with Crippen LogP contribution in [0.15, 0.2) is 72.9 Å². The fourth-order valence-corrected chi connectivity index (χ4v) is 5.52. The molecule has 3 aromatic carbocycles. The van der Waals surface area contributed by atoms with E-state index in [1.807, 2.05) is 30.5 Å². The molecule has 2 atom stereocenters. The van der Waals surface area contributed by atoms with Gasteiger partial charge < -0.3 is 9.64 Å². The van der Waals surface area contributed by atoms with Crippen LogP contribution in [0.2, 0.25) is 0 Å². The molecule has 0 amide bonds. The van der Waals surface area contributed by atoms with E-state index in [0.29, 0.717) is 11.5 Å². The van der Waals surface area contributed by atoms with Gasteiger partial charge in [0.1, 0.15) is 5.82 Å². The first-order valence-corrected chi connectivity index (χ1v) is 12.5. The second-order valence-corrected chi connectivity index (χ2v) is 9.96. The largest absolute Gasteiger partial charge is 0.372 e. The van der Waals surface area contributed by atoms with Crippen molar-refractivity contribution in [1.29, 1.82) is 5.26 Å². The van der Waals surface area contributed by atoms with Crippen LogP contribution in [0.5, 0.6) is 0 Å². The molecule has 0 unspecified atom stereocenters. The molecule has 35 heavy (non-hydrogen) atoms. The predicted octanol–water partition coefficient (Wildman–Crippen LogP) is 6.93. The number of hydrogen-bond acceptors (Lipinski definition) is 4. The molecule has 174 valence electrons. The maximum absolute atomic E-state index is 9.17. The first-order chi connectivity index (χ1) is 17.1. The summed E-state index contributed by atoms with van der Waals surface area (Å²) < 4.78 is 5.89. The van der Waals surface area contributed by atoms with Crippen LogP contribution in [0.3, 0.4) is 0 Å². The molecule has 0 bridgehead atoms. The topological polar surface area (TPSA) is 49.2 Å². The quantitative estimate of drug-likeness (QED) is 0.332. The number of morpholine rings is 1. The molecule has 1 saturated heterocycles. The molecular formula is C31H29N3O. The van der Waals surface area contributed by atoms with E-state index >= 15 is 0 Å². The van der Waals surface area contributed by atoms with Gasteiger partial charge in [0.15, 0.2) is 0 Å². The standard InChI is InChI=1S/C31H29N3O/c1-20-18-34(19-21(2)35-20)30-15-12-25(17-33-30)27-13-14-28-26(23-8-6-22(16-32)7-9-23)4-3-5-29(28)31(27)24-10-11-24/h3-9,12-15,17,20-21,24H,10-11,18-19H2,1-2H3/t20-,21+. The summed E-state index contributed by atoms with van der Waals surface area (Å²) in [6.45, 7) is 6.00. The highest BCUT2D eigenvalue weighted by atomic mass is 16.5. The highest BCUT2D eigenvalue weighted by Crippen LogP contribution is 2.48. The van der Waals surface area contributed by atoms with Gasteiger partial charge >= 0.3 is 0 Å². The van der Waals surface area contributed by atoms with Crippen LogP contribution < -0.4 is 4.90 Å². The van der Waals surface area contributed by atoms with Crippen molar-refractivity contribution < 1.29 is 4.74 Å². The third-order valence-electron chi connectivity index (χ3n) is 7.22. The number of anilines is 1. The van der Waals surface area contributed by atoms with E-state index in [1.54, 1.807) is 0 Å². The van der Waals surface area contributed by atoms with Crippen molar-refractivity contribution >= 4 is 16.6 Å². The summed E-state index contributed by atoms with van der Waals surface area (Å²) in [6.07, 6.45) is 4.95. The van der Waals surface area contributed by atoms with Crippen molar-refractivity contribution in [2.75, 3.05) is 18.0 Å². The SMILES string of the molecule is C[C@@H]1CN(c2ccc(-c3ccc4c(-c5ccc(C#N)cc5)cccc4c3C3CC3)cn2)C[C@H](C)O1. The van der Waals surface area contributed by atoms with Crippen molar-refractivity contribution in [2.24, 2.45) is 0 Å². The molecular weight excluding hydrogens is 430 g/mol. The summed E-state index contributed by atoms with van der Waals surface area (Å²) in [5.74, 6) is 1.62. The lowest BCUT2D eigenvalue weighted by Gasteiger charge is -2.36. The van der Waals surface area contributed by atoms with Crippen LogP contribution in [0.25, 0.3) is 33.0 Å². The van der Waals surface area contributed by atoms with Crippen molar-refractivity contribution in [3.63, 3.8) is 0 Å². The summed E-state index contributed by atoms with van der Waals surface area (Å²) in [4.78, 5) is 7.20. The zero-order chi connectivity index (χ0) is 23.9. The smallest absolute Gasteiger partial charge is 0.128 e. The summed E-state index contributed by atoms with van der Waals surface area (Å²) in [5.41, 5.74) is 6.96. The number of aromatic nitrogens is 1. The zero-order valence-electron chi connectivity index (χ0n) is 20.2. The predicted molar refractivity (Wildman–Crippen MR) is 142 cm³/mol. The van der Waals surface area contributed by atoms with Crippen molar-refractivity contribution in [2.45, 2.75) is 44.8 Å². The molecule has 1 aromatic heterocycles. The lowest BCUT2D eigenvalue weighted by molar-refractivity contribution is -0.00545. The molecule has 2 aliphatic rings. The molecule has 0 N–H and O–H groups in total. The average Bonchev–Trinajstić information content (AvgIpc) is 3.72. The number of nitrogens with zero attached hydrogens (tertiary/aromatic N) is 3. The van der Waals surface area contributed by atoms with E-state index in [9.17, 15) is 0 Å². The van der Waals surface area contributed by atoms with Crippen molar-refractivity contribution in [3.05, 3.63) is 84.1 Å². The van der Waals surface area contributed by atoms with E-state index in [4.69, 9.17) is 15.0 Å². The second-order valence-electron chi connectivity index (χ2n) is 9.96. The molecule has 0 radical (unpaired) electrons. The Labute approximate surface area is 206 Å². The Hall–Kier alpha value is -3.68. The molecule has 2 heterocycles. The van der Waals surface area contributed by atoms with E-state index < -0.39 is 0 Å². The molecule has 1 aliphatic carbocycles. The Morgan fingerprint density at radius 3 is 2.23 bits per heavy atom. The van der Waals surface area contributed by atoms with Gasteiger partial charge in [-0.2, -0.15) is 5.26 Å². The molecule has 6 rings (SSSR count). The van der Waals surface area contributed by atoms with Gasteiger partial charge in [-0.3, -0.25) is 0 Å². The Bertz CT molecular complexity index is 1410. The van der Waals surface area contributed by atoms with Crippen LogP contribution in [0.4, 0.5) is 5.82 Å². The fraction of sp³-hybridized carbons (Fsp3) is 0.290. The van der Waals surface area contributed by atoms with E-state index in [0.717, 1.165) is 24.5 Å². The fourth-order valence-electron chi connectivity index (χ4n) is 5.52. The highest BCUT2D eigenvalue weighted by molar-refractivity contribution is 6.01. The Morgan fingerprint density at radius 2 is 1.57 bits per heavy atom. The van der Waals surface area contributed by atoms with E-state index in [2.05, 4.69) is 67.3 Å². The normalized spacial score (nSPS) is 20.1. The monoisotopic (exact) mass is 459 g/mol. The first-order valence-electron chi connectivity index (χ1n) is 12.5. The van der Waals surface area contributed by atoms with Gasteiger partial charge in [0.2, 0.25) is 0 Å². The van der Waals surface area contributed by atoms with Crippen LogP contribution in [-0.2, 0) is 4.74 Å². The summed E-state index contributed by atoms with van der Waals surface area (Å²) in [7, 11) is 0. The van der Waals surface area contributed by atoms with Gasteiger partial charge in [-0.25, -0.2) is 4.98 Å². The summed E-state index contributed by atoms with van der Waals surface area (Å²) in [5, 5.41) is 11.8. The van der Waals surface area contributed by atoms with Gasteiger partial charge in [0.05, 0.1) is 23.8 Å². The minimum absolute atomic E-state index is 0.215. The van der Waals surface area contributed by atoms with Gasteiger partial charge in [0, 0.05) is 24.8 Å². The van der Waals surface area contributed by atoms with Crippen LogP contribution in [0.1, 0.15) is 43.7 Å². The van der Waals surface area contributed by atoms with E-state index in [-0.39, 0.29) is 12.2 Å². The number of ether oxygens (including phenoxy) is 1. The van der Waals surface area contributed by atoms with Gasteiger partial charge in [0.25, 0.3) is 0 Å². The van der Waals surface area contributed by atoms with Crippen molar-refractivity contribution in [1.82, 2.24) is 4.98 Å². The van der Waals surface area contributed by atoms with Gasteiger partial charge in [-0.15, -0.1) is 0 Å². The second kappa shape index (κ2) is 8.83. The summed E-state index contributed by atoms with van der Waals surface area (Å²) >= 11 is 0. The van der Waals surface area contributed by atoms with Gasteiger partial charge in [-0.1, -0.05) is 42.5 Å². The zero-order valence-corrected chi connectivity index (χ0v) is 20.2. The van der Waals surface area contributed by atoms with E-state index in [1.165, 1.54) is 45.9 Å². The molecule has 1 saturated carbocycles. The first kappa shape index (κ1) is 21.8. The molecule has 4 heteroatoms. The maximum Gasteiger partial charge on any atom is 0.128 e. The number of fused-ring (bicyclic) bond motifs is 1.